The third-order valence-corrected chi connectivity index (χ3v) is 4.90. The number of sulfonamides is 1. The second kappa shape index (κ2) is 8.10. The topological polar surface area (TPSA) is 67.4 Å². The van der Waals surface area contributed by atoms with Crippen molar-refractivity contribution in [2.45, 2.75) is 24.3 Å². The molecule has 0 aromatic heterocycles. The van der Waals surface area contributed by atoms with Crippen molar-refractivity contribution >= 4 is 10.0 Å². The lowest BCUT2D eigenvalue weighted by atomic mass is 10.0. The van der Waals surface area contributed by atoms with Crippen molar-refractivity contribution in [1.82, 2.24) is 10.3 Å². The lowest BCUT2D eigenvalue weighted by Gasteiger charge is -2.19. The van der Waals surface area contributed by atoms with E-state index in [9.17, 15) is 8.42 Å². The first-order valence-corrected chi connectivity index (χ1v) is 9.03. The van der Waals surface area contributed by atoms with Crippen molar-refractivity contribution in [3.8, 4) is 5.75 Å². The van der Waals surface area contributed by atoms with Gasteiger partial charge in [0.25, 0.3) is 10.0 Å². The minimum Gasteiger partial charge on any atom is -0.497 e. The van der Waals surface area contributed by atoms with Gasteiger partial charge in [0, 0.05) is 0 Å². The second-order valence-corrected chi connectivity index (χ2v) is 7.10. The van der Waals surface area contributed by atoms with E-state index in [0.717, 1.165) is 16.9 Å². The van der Waals surface area contributed by atoms with Gasteiger partial charge in [0.1, 0.15) is 5.75 Å². The fourth-order valence-electron chi connectivity index (χ4n) is 2.21. The Morgan fingerprint density at radius 3 is 2.29 bits per heavy atom. The van der Waals surface area contributed by atoms with Gasteiger partial charge in [0.2, 0.25) is 0 Å². The van der Waals surface area contributed by atoms with Crippen LogP contribution in [0, 0.1) is 6.92 Å². The largest absolute Gasteiger partial charge is 0.497 e. The van der Waals surface area contributed by atoms with Crippen molar-refractivity contribution in [1.29, 1.82) is 0 Å². The molecule has 2 N–H and O–H groups in total. The first-order valence-electron chi connectivity index (χ1n) is 7.55. The van der Waals surface area contributed by atoms with Gasteiger partial charge >= 0.3 is 0 Å². The average Bonchev–Trinajstić information content (AvgIpc) is 2.59. The number of nitrogens with one attached hydrogen (secondary N) is 2. The number of methoxy groups -OCH3 is 1. The summed E-state index contributed by atoms with van der Waals surface area (Å²) < 4.78 is 29.9. The molecular weight excluding hydrogens is 324 g/mol. The first-order chi connectivity index (χ1) is 11.5. The number of aryl methyl sites for hydroxylation is 1. The Labute approximate surface area is 143 Å². The SMILES string of the molecule is C=CC[C@H](NNS(=O)(=O)c1ccc(C)cc1)c1ccc(OC)cc1. The molecule has 0 spiro atoms. The van der Waals surface area contributed by atoms with E-state index in [1.807, 2.05) is 31.2 Å². The fraction of sp³-hybridized carbons (Fsp3) is 0.222. The molecule has 0 aliphatic carbocycles. The molecule has 0 aliphatic heterocycles. The number of benzene rings is 2. The molecule has 0 radical (unpaired) electrons. The molecule has 0 aliphatic rings. The third-order valence-electron chi connectivity index (χ3n) is 3.62. The highest BCUT2D eigenvalue weighted by Gasteiger charge is 2.17. The molecule has 2 rings (SSSR count). The zero-order chi connectivity index (χ0) is 17.6. The summed E-state index contributed by atoms with van der Waals surface area (Å²) in [6.45, 7) is 5.64. The van der Waals surface area contributed by atoms with E-state index in [4.69, 9.17) is 4.74 Å². The minimum atomic E-state index is -3.63. The van der Waals surface area contributed by atoms with Crippen LogP contribution < -0.4 is 15.0 Å². The van der Waals surface area contributed by atoms with Crippen molar-refractivity contribution in [3.63, 3.8) is 0 Å². The number of ether oxygens (including phenoxy) is 1. The summed E-state index contributed by atoms with van der Waals surface area (Å²) in [6, 6.07) is 13.9. The summed E-state index contributed by atoms with van der Waals surface area (Å²) in [4.78, 5) is 2.67. The van der Waals surface area contributed by atoms with Crippen LogP contribution >= 0.6 is 0 Å². The molecule has 2 aromatic rings. The van der Waals surface area contributed by atoms with Gasteiger partial charge in [-0.25, -0.2) is 13.8 Å². The lowest BCUT2D eigenvalue weighted by molar-refractivity contribution is 0.414. The Morgan fingerprint density at radius 1 is 1.12 bits per heavy atom. The van der Waals surface area contributed by atoms with Crippen LogP contribution in [0.4, 0.5) is 0 Å². The number of rotatable bonds is 8. The average molecular weight is 346 g/mol. The van der Waals surface area contributed by atoms with Crippen molar-refractivity contribution < 1.29 is 13.2 Å². The Balaban J connectivity index is 2.12. The van der Waals surface area contributed by atoms with Gasteiger partial charge in [-0.05, 0) is 43.2 Å². The maximum absolute atomic E-state index is 12.4. The van der Waals surface area contributed by atoms with Crippen LogP contribution in [0.3, 0.4) is 0 Å². The molecule has 2 aromatic carbocycles. The second-order valence-electron chi connectivity index (χ2n) is 5.41. The predicted octanol–water partition coefficient (Wildman–Crippen LogP) is 3.10. The Morgan fingerprint density at radius 2 is 1.75 bits per heavy atom. The lowest BCUT2D eigenvalue weighted by Crippen LogP contribution is -2.39. The maximum Gasteiger partial charge on any atom is 0.253 e. The van der Waals surface area contributed by atoms with Crippen molar-refractivity contribution in [2.24, 2.45) is 0 Å². The van der Waals surface area contributed by atoms with Gasteiger partial charge in [-0.2, -0.15) is 0 Å². The molecule has 0 bridgehead atoms. The van der Waals surface area contributed by atoms with E-state index in [1.165, 1.54) is 0 Å². The van der Waals surface area contributed by atoms with Crippen LogP contribution in [-0.4, -0.2) is 15.5 Å². The van der Waals surface area contributed by atoms with Crippen molar-refractivity contribution in [3.05, 3.63) is 72.3 Å². The normalized spacial score (nSPS) is 12.6. The molecule has 1 atom stereocenters. The maximum atomic E-state index is 12.4. The molecule has 0 fully saturated rings. The summed E-state index contributed by atoms with van der Waals surface area (Å²) in [7, 11) is -2.03. The highest BCUT2D eigenvalue weighted by atomic mass is 32.2. The van der Waals surface area contributed by atoms with Crippen LogP contribution in [0.15, 0.2) is 66.1 Å². The number of hydrazine groups is 1. The van der Waals surface area contributed by atoms with Gasteiger partial charge < -0.3 is 4.74 Å². The highest BCUT2D eigenvalue weighted by molar-refractivity contribution is 7.89. The van der Waals surface area contributed by atoms with Gasteiger partial charge in [-0.15, -0.1) is 11.4 Å². The standard InChI is InChI=1S/C18H22N2O3S/c1-4-5-18(15-8-10-16(23-3)11-9-15)19-20-24(21,22)17-12-6-14(2)7-13-17/h4,6-13,18-20H,1,5H2,2-3H3/t18-/m0/s1. The number of hydrogen-bond acceptors (Lipinski definition) is 4. The molecule has 0 unspecified atom stereocenters. The van der Waals surface area contributed by atoms with Gasteiger partial charge in [0.15, 0.2) is 0 Å². The van der Waals surface area contributed by atoms with Crippen LogP contribution in [0.2, 0.25) is 0 Å². The van der Waals surface area contributed by atoms with E-state index < -0.39 is 10.0 Å². The van der Waals surface area contributed by atoms with Crippen LogP contribution in [0.5, 0.6) is 5.75 Å². The quantitative estimate of drug-likeness (QED) is 0.569. The zero-order valence-electron chi connectivity index (χ0n) is 13.8. The Kier molecular flexibility index (Phi) is 6.14. The Bertz CT molecular complexity index is 769. The summed E-state index contributed by atoms with van der Waals surface area (Å²) in [5.41, 5.74) is 4.81. The van der Waals surface area contributed by atoms with Crippen LogP contribution in [-0.2, 0) is 10.0 Å². The summed E-state index contributed by atoms with van der Waals surface area (Å²) in [6.07, 6.45) is 2.31. The van der Waals surface area contributed by atoms with Gasteiger partial charge in [-0.1, -0.05) is 35.9 Å². The van der Waals surface area contributed by atoms with Gasteiger partial charge in [0.05, 0.1) is 18.0 Å². The summed E-state index contributed by atoms with van der Waals surface area (Å²) >= 11 is 0. The fourth-order valence-corrected chi connectivity index (χ4v) is 3.12. The molecule has 6 heteroatoms. The molecule has 24 heavy (non-hydrogen) atoms. The van der Waals surface area contributed by atoms with Crippen LogP contribution in [0.1, 0.15) is 23.6 Å². The van der Waals surface area contributed by atoms with E-state index in [2.05, 4.69) is 16.8 Å². The zero-order valence-corrected chi connectivity index (χ0v) is 14.6. The Hall–Kier alpha value is -2.15. The summed E-state index contributed by atoms with van der Waals surface area (Å²) in [5, 5.41) is 0. The molecule has 5 nitrogen and oxygen atoms in total. The molecular formula is C18H22N2O3S. The molecule has 0 saturated heterocycles. The smallest absolute Gasteiger partial charge is 0.253 e. The van der Waals surface area contributed by atoms with Crippen molar-refractivity contribution in [2.75, 3.05) is 7.11 Å². The van der Waals surface area contributed by atoms with E-state index >= 15 is 0 Å². The van der Waals surface area contributed by atoms with E-state index in [0.29, 0.717) is 6.42 Å². The third kappa shape index (κ3) is 4.67. The minimum absolute atomic E-state index is 0.215. The number of hydrogen-bond donors (Lipinski definition) is 2. The first kappa shape index (κ1) is 18.2. The predicted molar refractivity (Wildman–Crippen MR) is 95.2 cm³/mol. The molecule has 0 saturated carbocycles. The summed E-state index contributed by atoms with van der Waals surface area (Å²) in [5.74, 6) is 0.747. The molecule has 0 amide bonds. The molecule has 0 heterocycles. The van der Waals surface area contributed by atoms with E-state index in [-0.39, 0.29) is 10.9 Å². The van der Waals surface area contributed by atoms with Crippen LogP contribution in [0.25, 0.3) is 0 Å². The van der Waals surface area contributed by atoms with Gasteiger partial charge in [-0.3, -0.25) is 0 Å². The van der Waals surface area contributed by atoms with E-state index in [1.54, 1.807) is 37.5 Å². The highest BCUT2D eigenvalue weighted by Crippen LogP contribution is 2.20. The molecule has 128 valence electrons. The monoisotopic (exact) mass is 346 g/mol.